The summed E-state index contributed by atoms with van der Waals surface area (Å²) in [6.45, 7) is 5.38. The molecule has 1 saturated heterocycles. The van der Waals surface area contributed by atoms with Gasteiger partial charge in [0.15, 0.2) is 0 Å². The summed E-state index contributed by atoms with van der Waals surface area (Å²) in [4.78, 5) is 12.0. The Hall–Kier alpha value is -1.42. The second kappa shape index (κ2) is 4.45. The minimum Gasteiger partial charge on any atom is -0.345 e. The Balaban J connectivity index is 2.14. The summed E-state index contributed by atoms with van der Waals surface area (Å²) >= 11 is 0. The summed E-state index contributed by atoms with van der Waals surface area (Å²) in [6, 6.07) is 4.66. The average Bonchev–Trinajstić information content (AvgIpc) is 2.64. The molecule has 1 aliphatic heterocycles. The Morgan fingerprint density at radius 2 is 2.29 bits per heavy atom. The summed E-state index contributed by atoms with van der Waals surface area (Å²) in [5.41, 5.74) is 0.658. The van der Waals surface area contributed by atoms with Gasteiger partial charge in [0.25, 0.3) is 5.91 Å². The van der Waals surface area contributed by atoms with Crippen LogP contribution < -0.4 is 10.6 Å². The topological polar surface area (TPSA) is 41.1 Å². The first-order valence-electron chi connectivity index (χ1n) is 5.80. The standard InChI is InChI=1S/C13H17FN2O/c1-9-3-4-10(11(14)7-9)12(17)16-13(2)5-6-15-8-13/h3-4,7,15H,5-6,8H2,1-2H3,(H,16,17). The molecule has 0 aromatic heterocycles. The predicted molar refractivity (Wildman–Crippen MR) is 64.5 cm³/mol. The van der Waals surface area contributed by atoms with Gasteiger partial charge in [0.1, 0.15) is 5.82 Å². The van der Waals surface area contributed by atoms with Crippen LogP contribution in [-0.4, -0.2) is 24.5 Å². The minimum atomic E-state index is -0.461. The Morgan fingerprint density at radius 3 is 2.88 bits per heavy atom. The second-order valence-corrected chi connectivity index (χ2v) is 4.92. The van der Waals surface area contributed by atoms with Crippen molar-refractivity contribution in [2.75, 3.05) is 13.1 Å². The van der Waals surface area contributed by atoms with E-state index in [-0.39, 0.29) is 17.0 Å². The number of halogens is 1. The predicted octanol–water partition coefficient (Wildman–Crippen LogP) is 1.62. The molecule has 3 nitrogen and oxygen atoms in total. The van der Waals surface area contributed by atoms with E-state index >= 15 is 0 Å². The SMILES string of the molecule is Cc1ccc(C(=O)NC2(C)CCNC2)c(F)c1. The molecule has 1 fully saturated rings. The maximum atomic E-state index is 13.6. The van der Waals surface area contributed by atoms with Gasteiger partial charge in [0.2, 0.25) is 0 Å². The lowest BCUT2D eigenvalue weighted by molar-refractivity contribution is 0.0909. The molecule has 0 spiro atoms. The highest BCUT2D eigenvalue weighted by molar-refractivity contribution is 5.95. The lowest BCUT2D eigenvalue weighted by Crippen LogP contribution is -2.47. The number of nitrogens with one attached hydrogen (secondary N) is 2. The van der Waals surface area contributed by atoms with E-state index in [0.717, 1.165) is 25.1 Å². The van der Waals surface area contributed by atoms with Gasteiger partial charge in [-0.05, 0) is 44.5 Å². The van der Waals surface area contributed by atoms with E-state index in [1.807, 2.05) is 6.92 Å². The molecule has 1 heterocycles. The molecule has 1 unspecified atom stereocenters. The molecule has 0 radical (unpaired) electrons. The van der Waals surface area contributed by atoms with Gasteiger partial charge < -0.3 is 10.6 Å². The fourth-order valence-corrected chi connectivity index (χ4v) is 2.07. The third-order valence-corrected chi connectivity index (χ3v) is 3.15. The molecule has 1 aliphatic rings. The Labute approximate surface area is 100 Å². The third kappa shape index (κ3) is 2.64. The monoisotopic (exact) mass is 236 g/mol. The first-order valence-corrected chi connectivity index (χ1v) is 5.80. The van der Waals surface area contributed by atoms with Crippen molar-refractivity contribution in [3.05, 3.63) is 35.1 Å². The van der Waals surface area contributed by atoms with Gasteiger partial charge in [0, 0.05) is 6.54 Å². The van der Waals surface area contributed by atoms with Crippen LogP contribution in [-0.2, 0) is 0 Å². The van der Waals surface area contributed by atoms with E-state index in [0.29, 0.717) is 0 Å². The molecule has 4 heteroatoms. The van der Waals surface area contributed by atoms with Gasteiger partial charge in [-0.1, -0.05) is 6.07 Å². The van der Waals surface area contributed by atoms with Gasteiger partial charge in [-0.15, -0.1) is 0 Å². The number of carbonyl (C=O) groups excluding carboxylic acids is 1. The largest absolute Gasteiger partial charge is 0.345 e. The number of aryl methyl sites for hydroxylation is 1. The smallest absolute Gasteiger partial charge is 0.254 e. The van der Waals surface area contributed by atoms with Crippen molar-refractivity contribution in [1.82, 2.24) is 10.6 Å². The van der Waals surface area contributed by atoms with E-state index in [2.05, 4.69) is 10.6 Å². The van der Waals surface area contributed by atoms with E-state index in [1.165, 1.54) is 12.1 Å². The van der Waals surface area contributed by atoms with Crippen LogP contribution in [0.3, 0.4) is 0 Å². The second-order valence-electron chi connectivity index (χ2n) is 4.92. The van der Waals surface area contributed by atoms with Gasteiger partial charge in [-0.25, -0.2) is 4.39 Å². The maximum Gasteiger partial charge on any atom is 0.254 e. The first-order chi connectivity index (χ1) is 8.00. The van der Waals surface area contributed by atoms with E-state index in [9.17, 15) is 9.18 Å². The molecular weight excluding hydrogens is 219 g/mol. The molecule has 92 valence electrons. The van der Waals surface area contributed by atoms with Gasteiger partial charge >= 0.3 is 0 Å². The summed E-state index contributed by atoms with van der Waals surface area (Å²) in [5.74, 6) is -0.800. The number of carbonyl (C=O) groups is 1. The number of hydrogen-bond acceptors (Lipinski definition) is 2. The highest BCUT2D eigenvalue weighted by Crippen LogP contribution is 2.16. The molecule has 2 N–H and O–H groups in total. The van der Waals surface area contributed by atoms with Gasteiger partial charge in [0.05, 0.1) is 11.1 Å². The molecule has 17 heavy (non-hydrogen) atoms. The summed E-state index contributed by atoms with van der Waals surface area (Å²) in [5, 5.41) is 6.08. The molecule has 0 saturated carbocycles. The lowest BCUT2D eigenvalue weighted by atomic mass is 10.0. The van der Waals surface area contributed by atoms with Crippen molar-refractivity contribution in [1.29, 1.82) is 0 Å². The van der Waals surface area contributed by atoms with E-state index < -0.39 is 5.82 Å². The third-order valence-electron chi connectivity index (χ3n) is 3.15. The van der Waals surface area contributed by atoms with Crippen LogP contribution in [0.5, 0.6) is 0 Å². The van der Waals surface area contributed by atoms with Crippen LogP contribution >= 0.6 is 0 Å². The zero-order valence-electron chi connectivity index (χ0n) is 10.1. The molecule has 0 bridgehead atoms. The molecule has 1 aromatic carbocycles. The minimum absolute atomic E-state index is 0.115. The number of amides is 1. The zero-order chi connectivity index (χ0) is 12.5. The molecule has 0 aliphatic carbocycles. The Bertz CT molecular complexity index is 439. The summed E-state index contributed by atoms with van der Waals surface area (Å²) < 4.78 is 13.6. The highest BCUT2D eigenvalue weighted by Gasteiger charge is 2.30. The molecule has 1 aromatic rings. The Kier molecular flexibility index (Phi) is 3.15. The Morgan fingerprint density at radius 1 is 1.53 bits per heavy atom. The van der Waals surface area contributed by atoms with E-state index in [4.69, 9.17) is 0 Å². The van der Waals surface area contributed by atoms with Crippen molar-refractivity contribution in [2.24, 2.45) is 0 Å². The van der Waals surface area contributed by atoms with Crippen molar-refractivity contribution in [2.45, 2.75) is 25.8 Å². The fourth-order valence-electron chi connectivity index (χ4n) is 2.07. The molecular formula is C13H17FN2O. The van der Waals surface area contributed by atoms with E-state index in [1.54, 1.807) is 13.0 Å². The van der Waals surface area contributed by atoms with Gasteiger partial charge in [-0.2, -0.15) is 0 Å². The summed E-state index contributed by atoms with van der Waals surface area (Å²) in [6.07, 6.45) is 0.867. The zero-order valence-corrected chi connectivity index (χ0v) is 10.1. The van der Waals surface area contributed by atoms with Crippen molar-refractivity contribution in [3.63, 3.8) is 0 Å². The lowest BCUT2D eigenvalue weighted by Gasteiger charge is -2.24. The van der Waals surface area contributed by atoms with Crippen LogP contribution in [0.2, 0.25) is 0 Å². The summed E-state index contributed by atoms with van der Waals surface area (Å²) in [7, 11) is 0. The average molecular weight is 236 g/mol. The molecule has 1 atom stereocenters. The van der Waals surface area contributed by atoms with Crippen LogP contribution in [0.15, 0.2) is 18.2 Å². The van der Waals surface area contributed by atoms with Crippen LogP contribution in [0, 0.1) is 12.7 Å². The molecule has 2 rings (SSSR count). The van der Waals surface area contributed by atoms with Crippen molar-refractivity contribution >= 4 is 5.91 Å². The normalized spacial score (nSPS) is 23.7. The van der Waals surface area contributed by atoms with Crippen molar-refractivity contribution in [3.8, 4) is 0 Å². The number of hydrogen-bond donors (Lipinski definition) is 2. The highest BCUT2D eigenvalue weighted by atomic mass is 19.1. The van der Waals surface area contributed by atoms with Crippen LogP contribution in [0.4, 0.5) is 4.39 Å². The maximum absolute atomic E-state index is 13.6. The number of rotatable bonds is 2. The quantitative estimate of drug-likeness (QED) is 0.819. The van der Waals surface area contributed by atoms with Crippen LogP contribution in [0.25, 0.3) is 0 Å². The number of benzene rings is 1. The first kappa shape index (κ1) is 12.0. The van der Waals surface area contributed by atoms with Gasteiger partial charge in [-0.3, -0.25) is 4.79 Å². The van der Waals surface area contributed by atoms with Crippen LogP contribution in [0.1, 0.15) is 29.3 Å². The van der Waals surface area contributed by atoms with Crippen molar-refractivity contribution < 1.29 is 9.18 Å². The fraction of sp³-hybridized carbons (Fsp3) is 0.462. The molecule has 1 amide bonds.